The number of aliphatic hydroxyl groups is 2. The molecule has 0 aromatic heterocycles. The van der Waals surface area contributed by atoms with Crippen molar-refractivity contribution in [3.05, 3.63) is 0 Å². The summed E-state index contributed by atoms with van der Waals surface area (Å²) in [4.78, 5) is 12.0. The minimum Gasteiger partial charge on any atom is -0.393 e. The number of Topliss-reactive ketones (excluding diaryl/α,β-unsaturated/α-hetero) is 1. The Hall–Kier alpha value is -0.500. The van der Waals surface area contributed by atoms with Crippen LogP contribution < -0.4 is 5.14 Å². The van der Waals surface area contributed by atoms with Crippen LogP contribution in [0.15, 0.2) is 0 Å². The molecule has 0 aromatic rings. The van der Waals surface area contributed by atoms with E-state index in [9.17, 15) is 23.4 Å². The second-order valence-electron chi connectivity index (χ2n) is 13.3. The van der Waals surface area contributed by atoms with Crippen LogP contribution in [0, 0.1) is 52.3 Å². The van der Waals surface area contributed by atoms with E-state index < -0.39 is 15.8 Å². The van der Waals surface area contributed by atoms with Crippen LogP contribution in [-0.4, -0.2) is 42.4 Å². The summed E-state index contributed by atoms with van der Waals surface area (Å²) in [5.41, 5.74) is 0.431. The molecule has 0 spiro atoms. The van der Waals surface area contributed by atoms with Gasteiger partial charge in [-0.15, -0.1) is 0 Å². The molecule has 35 heavy (non-hydrogen) atoms. The maximum absolute atomic E-state index is 12.0. The fraction of sp³-hybridized carbons (Fsp3) is 0.964. The monoisotopic (exact) mass is 511 g/mol. The number of hydrogen-bond acceptors (Lipinski definition) is 5. The van der Waals surface area contributed by atoms with Crippen molar-refractivity contribution in [1.82, 2.24) is 0 Å². The van der Waals surface area contributed by atoms with Crippen LogP contribution in [0.3, 0.4) is 0 Å². The van der Waals surface area contributed by atoms with E-state index in [1.165, 1.54) is 25.7 Å². The molecular formula is C28H49NO5S. The third-order valence-corrected chi connectivity index (χ3v) is 12.4. The number of aliphatic hydroxyl groups excluding tert-OH is 2. The zero-order valence-electron chi connectivity index (χ0n) is 22.3. The molecule has 0 aliphatic heterocycles. The van der Waals surface area contributed by atoms with Crippen molar-refractivity contribution in [2.75, 3.05) is 5.75 Å². The van der Waals surface area contributed by atoms with Crippen LogP contribution in [0.5, 0.6) is 0 Å². The average Bonchev–Trinajstić information content (AvgIpc) is 3.11. The Labute approximate surface area is 212 Å². The number of sulfonamides is 1. The quantitative estimate of drug-likeness (QED) is 0.450. The summed E-state index contributed by atoms with van der Waals surface area (Å²) in [6.45, 7) is 9.47. The minimum atomic E-state index is -3.74. The Morgan fingerprint density at radius 1 is 1.03 bits per heavy atom. The first kappa shape index (κ1) is 27.5. The van der Waals surface area contributed by atoms with Gasteiger partial charge in [-0.2, -0.15) is 0 Å². The van der Waals surface area contributed by atoms with Crippen LogP contribution in [-0.2, 0) is 14.8 Å². The molecule has 0 bridgehead atoms. The summed E-state index contributed by atoms with van der Waals surface area (Å²) in [5, 5.41) is 27.3. The van der Waals surface area contributed by atoms with Crippen molar-refractivity contribution in [2.45, 2.75) is 111 Å². The number of ketones is 1. The van der Waals surface area contributed by atoms with E-state index >= 15 is 0 Å². The minimum absolute atomic E-state index is 0.210. The van der Waals surface area contributed by atoms with Gasteiger partial charge in [-0.25, -0.2) is 13.6 Å². The maximum atomic E-state index is 12.0. The molecule has 0 amide bonds. The van der Waals surface area contributed by atoms with Crippen LogP contribution in [0.2, 0.25) is 0 Å². The molecule has 4 aliphatic rings. The molecule has 0 saturated heterocycles. The van der Waals surface area contributed by atoms with Gasteiger partial charge in [0.25, 0.3) is 0 Å². The first-order valence-corrected chi connectivity index (χ1v) is 15.9. The zero-order chi connectivity index (χ0) is 25.8. The van der Waals surface area contributed by atoms with Crippen LogP contribution in [0.4, 0.5) is 0 Å². The van der Waals surface area contributed by atoms with E-state index in [2.05, 4.69) is 27.7 Å². The Kier molecular flexibility index (Phi) is 7.86. The molecule has 4 rings (SSSR count). The van der Waals surface area contributed by atoms with Gasteiger partial charge in [0.1, 0.15) is 11.5 Å². The van der Waals surface area contributed by atoms with Gasteiger partial charge in [0.2, 0.25) is 10.0 Å². The van der Waals surface area contributed by atoms with Gasteiger partial charge in [0.05, 0.1) is 12.2 Å². The van der Waals surface area contributed by atoms with E-state index in [1.807, 2.05) is 0 Å². The predicted octanol–water partition coefficient (Wildman–Crippen LogP) is 4.28. The van der Waals surface area contributed by atoms with Crippen molar-refractivity contribution in [3.63, 3.8) is 0 Å². The lowest BCUT2D eigenvalue weighted by atomic mass is 9.41. The van der Waals surface area contributed by atoms with Crippen molar-refractivity contribution in [1.29, 1.82) is 0 Å². The standard InChI is InChI=1S/C28H49NO5S/c1-5-20-24-15-18(30)11-13-28(24,4)23-12-14-27(3)21(9-10-22(27)25(23)26(20)32)17(2)7-6-8-19(31)16-35(29,33)34/h17-18,20-26,30,32H,5-16H2,1-4H3,(H2,29,33,34)/t17-,18-,20-,21-,22+,23+,24+,25+,26-,27-,28-/m1/s1. The highest BCUT2D eigenvalue weighted by atomic mass is 32.2. The van der Waals surface area contributed by atoms with Gasteiger partial charge in [0, 0.05) is 6.42 Å². The molecule has 11 atom stereocenters. The topological polar surface area (TPSA) is 118 Å². The van der Waals surface area contributed by atoms with Crippen molar-refractivity contribution < 1.29 is 23.4 Å². The summed E-state index contributed by atoms with van der Waals surface area (Å²) < 4.78 is 22.4. The van der Waals surface area contributed by atoms with Crippen LogP contribution in [0.25, 0.3) is 0 Å². The normalized spacial score (nSPS) is 46.4. The first-order valence-electron chi connectivity index (χ1n) is 14.2. The largest absolute Gasteiger partial charge is 0.393 e. The average molecular weight is 512 g/mol. The zero-order valence-corrected chi connectivity index (χ0v) is 23.1. The molecule has 6 nitrogen and oxygen atoms in total. The number of carbonyl (C=O) groups is 1. The number of fused-ring (bicyclic) bond motifs is 5. The summed E-state index contributed by atoms with van der Waals surface area (Å²) >= 11 is 0. The summed E-state index contributed by atoms with van der Waals surface area (Å²) in [6, 6.07) is 0. The van der Waals surface area contributed by atoms with Crippen LogP contribution >= 0.6 is 0 Å². The van der Waals surface area contributed by atoms with E-state index in [4.69, 9.17) is 5.14 Å². The molecule has 7 heteroatoms. The lowest BCUT2D eigenvalue weighted by Crippen LogP contribution is -2.62. The predicted molar refractivity (Wildman–Crippen MR) is 138 cm³/mol. The Balaban J connectivity index is 1.47. The third-order valence-electron chi connectivity index (χ3n) is 11.6. The molecule has 0 aromatic carbocycles. The SMILES string of the molecule is CC[C@H]1[C@@H](O)[C@@H]2[C@H](CC[C@]3(C)[C@@H]([C@H](C)CCCC(=O)CS(N)(=O)=O)CC[C@@H]23)[C@@]2(C)CC[C@@H](O)C[C@@H]12. The summed E-state index contributed by atoms with van der Waals surface area (Å²) in [5.74, 6) is 2.33. The molecule has 4 aliphatic carbocycles. The fourth-order valence-electron chi connectivity index (χ4n) is 10.1. The van der Waals surface area contributed by atoms with Crippen molar-refractivity contribution >= 4 is 15.8 Å². The summed E-state index contributed by atoms with van der Waals surface area (Å²) in [6.07, 6.45) is 9.96. The van der Waals surface area contributed by atoms with Crippen molar-refractivity contribution in [3.8, 4) is 0 Å². The first-order chi connectivity index (χ1) is 16.3. The molecule has 0 heterocycles. The molecule has 0 unspecified atom stereocenters. The lowest BCUT2D eigenvalue weighted by molar-refractivity contribution is -0.203. The molecule has 202 valence electrons. The Bertz CT molecular complexity index is 892. The molecule has 0 radical (unpaired) electrons. The Morgan fingerprint density at radius 2 is 1.69 bits per heavy atom. The molecule has 4 saturated carbocycles. The molecular weight excluding hydrogens is 462 g/mol. The Morgan fingerprint density at radius 3 is 2.34 bits per heavy atom. The van der Waals surface area contributed by atoms with Crippen LogP contribution in [0.1, 0.15) is 98.3 Å². The van der Waals surface area contributed by atoms with Gasteiger partial charge >= 0.3 is 0 Å². The van der Waals surface area contributed by atoms with Gasteiger partial charge in [-0.05, 0) is 104 Å². The second kappa shape index (κ2) is 9.99. The number of rotatable bonds is 8. The van der Waals surface area contributed by atoms with Gasteiger partial charge < -0.3 is 10.2 Å². The van der Waals surface area contributed by atoms with E-state index in [-0.39, 0.29) is 41.2 Å². The maximum Gasteiger partial charge on any atom is 0.216 e. The van der Waals surface area contributed by atoms with E-state index in [1.54, 1.807) is 0 Å². The van der Waals surface area contributed by atoms with Gasteiger partial charge in [-0.1, -0.05) is 40.5 Å². The number of primary sulfonamides is 1. The smallest absolute Gasteiger partial charge is 0.216 e. The molecule has 4 fully saturated rings. The highest BCUT2D eigenvalue weighted by Crippen LogP contribution is 2.69. The van der Waals surface area contributed by atoms with Gasteiger partial charge in [0.15, 0.2) is 0 Å². The second-order valence-corrected chi connectivity index (χ2v) is 15.0. The number of carbonyl (C=O) groups excluding carboxylic acids is 1. The molecule has 4 N–H and O–H groups in total. The van der Waals surface area contributed by atoms with E-state index in [0.29, 0.717) is 41.9 Å². The van der Waals surface area contributed by atoms with Crippen molar-refractivity contribution in [2.24, 2.45) is 57.4 Å². The number of nitrogens with two attached hydrogens (primary N) is 1. The number of hydrogen-bond donors (Lipinski definition) is 3. The van der Waals surface area contributed by atoms with Gasteiger partial charge in [-0.3, -0.25) is 4.79 Å². The highest BCUT2D eigenvalue weighted by molar-refractivity contribution is 7.89. The third kappa shape index (κ3) is 5.00. The lowest BCUT2D eigenvalue weighted by Gasteiger charge is -2.64. The summed E-state index contributed by atoms with van der Waals surface area (Å²) in [7, 11) is -3.74. The fourth-order valence-corrected chi connectivity index (χ4v) is 10.6. The highest BCUT2D eigenvalue weighted by Gasteiger charge is 2.64. The van der Waals surface area contributed by atoms with E-state index in [0.717, 1.165) is 32.1 Å².